The van der Waals surface area contributed by atoms with E-state index in [0.717, 1.165) is 18.8 Å². The van der Waals surface area contributed by atoms with Gasteiger partial charge in [0.25, 0.3) is 0 Å². The summed E-state index contributed by atoms with van der Waals surface area (Å²) < 4.78 is 17.6. The predicted octanol–water partition coefficient (Wildman–Crippen LogP) is 4.17. The van der Waals surface area contributed by atoms with Crippen LogP contribution in [0, 0.1) is 5.92 Å². The van der Waals surface area contributed by atoms with Crippen LogP contribution in [0.5, 0.6) is 5.75 Å². The molecular formula is C20H24FNO. The summed E-state index contributed by atoms with van der Waals surface area (Å²) in [6, 6.07) is 18.9. The molecule has 1 unspecified atom stereocenters. The van der Waals surface area contributed by atoms with Gasteiger partial charge in [-0.15, -0.1) is 0 Å². The van der Waals surface area contributed by atoms with Crippen LogP contribution in [0.1, 0.15) is 29.9 Å². The second-order valence-corrected chi connectivity index (χ2v) is 6.08. The van der Waals surface area contributed by atoms with Crippen LogP contribution >= 0.6 is 0 Å². The summed E-state index contributed by atoms with van der Waals surface area (Å²) in [5, 5.41) is 3.45. The highest BCUT2D eigenvalue weighted by atomic mass is 19.1. The fourth-order valence-electron chi connectivity index (χ4n) is 3.50. The smallest absolute Gasteiger partial charge is 0.123 e. The van der Waals surface area contributed by atoms with Crippen LogP contribution in [0.15, 0.2) is 54.6 Å². The summed E-state index contributed by atoms with van der Waals surface area (Å²) in [5.74, 6) is 1.80. The minimum Gasteiger partial charge on any atom is -0.491 e. The zero-order valence-corrected chi connectivity index (χ0v) is 13.4. The van der Waals surface area contributed by atoms with Gasteiger partial charge in [-0.2, -0.15) is 0 Å². The molecule has 3 rings (SSSR count). The van der Waals surface area contributed by atoms with E-state index in [1.807, 2.05) is 12.1 Å². The fraction of sp³-hybridized carbons (Fsp3) is 0.400. The number of benzene rings is 2. The fourth-order valence-corrected chi connectivity index (χ4v) is 3.50. The minimum atomic E-state index is -0.455. The van der Waals surface area contributed by atoms with Crippen LogP contribution in [0.25, 0.3) is 0 Å². The second kappa shape index (κ2) is 8.11. The number of alkyl halides is 1. The van der Waals surface area contributed by atoms with Gasteiger partial charge in [0.15, 0.2) is 0 Å². The first-order valence-corrected chi connectivity index (χ1v) is 8.43. The van der Waals surface area contributed by atoms with Crippen LogP contribution in [0.3, 0.4) is 0 Å². The maximum atomic E-state index is 12.2. The molecule has 1 aliphatic rings. The van der Waals surface area contributed by atoms with Crippen molar-refractivity contribution in [1.82, 2.24) is 5.32 Å². The number of nitrogens with one attached hydrogen (secondary N) is 1. The molecule has 2 aromatic rings. The molecule has 2 aromatic carbocycles. The van der Waals surface area contributed by atoms with E-state index in [9.17, 15) is 4.39 Å². The number of ether oxygens (including phenoxy) is 1. The van der Waals surface area contributed by atoms with E-state index >= 15 is 0 Å². The summed E-state index contributed by atoms with van der Waals surface area (Å²) >= 11 is 0. The molecule has 1 heterocycles. The van der Waals surface area contributed by atoms with E-state index in [1.165, 1.54) is 24.0 Å². The van der Waals surface area contributed by atoms with Crippen molar-refractivity contribution in [2.45, 2.75) is 18.8 Å². The topological polar surface area (TPSA) is 21.3 Å². The molecule has 0 aliphatic carbocycles. The lowest BCUT2D eigenvalue weighted by atomic mass is 9.76. The summed E-state index contributed by atoms with van der Waals surface area (Å²) in [6.07, 6.45) is 2.39. The zero-order chi connectivity index (χ0) is 15.9. The third kappa shape index (κ3) is 4.11. The number of halogens is 1. The molecule has 122 valence electrons. The summed E-state index contributed by atoms with van der Waals surface area (Å²) in [6.45, 7) is 1.84. The Balaban J connectivity index is 1.85. The molecule has 1 saturated heterocycles. The van der Waals surface area contributed by atoms with Crippen LogP contribution in [0.2, 0.25) is 0 Å². The Morgan fingerprint density at radius 3 is 2.26 bits per heavy atom. The van der Waals surface area contributed by atoms with Crippen molar-refractivity contribution in [2.24, 2.45) is 5.92 Å². The first-order chi connectivity index (χ1) is 11.4. The standard InChI is InChI=1S/C20H24FNO/c21-12-15-23-19-8-6-17(7-9-19)20(16-4-2-1-3-5-16)18-10-13-22-14-11-18/h1-9,18,20,22H,10-15H2. The molecule has 1 N–H and O–H groups in total. The van der Waals surface area contributed by atoms with Gasteiger partial charge >= 0.3 is 0 Å². The van der Waals surface area contributed by atoms with Crippen LogP contribution < -0.4 is 10.1 Å². The molecule has 0 bridgehead atoms. The van der Waals surface area contributed by atoms with E-state index < -0.39 is 6.67 Å². The monoisotopic (exact) mass is 313 g/mol. The Morgan fingerprint density at radius 2 is 1.61 bits per heavy atom. The molecule has 23 heavy (non-hydrogen) atoms. The molecule has 3 heteroatoms. The van der Waals surface area contributed by atoms with Crippen molar-refractivity contribution in [2.75, 3.05) is 26.4 Å². The van der Waals surface area contributed by atoms with Crippen molar-refractivity contribution in [3.05, 3.63) is 65.7 Å². The highest BCUT2D eigenvalue weighted by molar-refractivity contribution is 5.37. The van der Waals surface area contributed by atoms with E-state index in [1.54, 1.807) is 0 Å². The number of hydrogen-bond acceptors (Lipinski definition) is 2. The van der Waals surface area contributed by atoms with E-state index in [4.69, 9.17) is 4.74 Å². The molecular weight excluding hydrogens is 289 g/mol. The highest BCUT2D eigenvalue weighted by Gasteiger charge is 2.26. The first-order valence-electron chi connectivity index (χ1n) is 8.43. The maximum absolute atomic E-state index is 12.2. The minimum absolute atomic E-state index is 0.121. The molecule has 0 amide bonds. The zero-order valence-electron chi connectivity index (χ0n) is 13.4. The van der Waals surface area contributed by atoms with Crippen molar-refractivity contribution >= 4 is 0 Å². The van der Waals surface area contributed by atoms with Gasteiger partial charge in [-0.3, -0.25) is 0 Å². The number of rotatable bonds is 6. The predicted molar refractivity (Wildman–Crippen MR) is 91.8 cm³/mol. The van der Waals surface area contributed by atoms with Gasteiger partial charge in [-0.05, 0) is 55.1 Å². The third-order valence-electron chi connectivity index (χ3n) is 4.60. The van der Waals surface area contributed by atoms with Crippen LogP contribution in [0.4, 0.5) is 4.39 Å². The molecule has 0 saturated carbocycles. The van der Waals surface area contributed by atoms with E-state index in [0.29, 0.717) is 11.8 Å². The number of hydrogen-bond donors (Lipinski definition) is 1. The van der Waals surface area contributed by atoms with E-state index in [2.05, 4.69) is 47.8 Å². The number of piperidine rings is 1. The lowest BCUT2D eigenvalue weighted by Gasteiger charge is -2.31. The largest absolute Gasteiger partial charge is 0.491 e. The van der Waals surface area contributed by atoms with Gasteiger partial charge < -0.3 is 10.1 Å². The highest BCUT2D eigenvalue weighted by Crippen LogP contribution is 2.37. The van der Waals surface area contributed by atoms with Crippen molar-refractivity contribution in [3.63, 3.8) is 0 Å². The van der Waals surface area contributed by atoms with Gasteiger partial charge in [0.2, 0.25) is 0 Å². The Labute approximate surface area is 137 Å². The van der Waals surface area contributed by atoms with Gasteiger partial charge in [-0.1, -0.05) is 42.5 Å². The van der Waals surface area contributed by atoms with Gasteiger partial charge in [-0.25, -0.2) is 4.39 Å². The molecule has 0 aromatic heterocycles. The molecule has 2 nitrogen and oxygen atoms in total. The van der Waals surface area contributed by atoms with Gasteiger partial charge in [0, 0.05) is 5.92 Å². The summed E-state index contributed by atoms with van der Waals surface area (Å²) in [4.78, 5) is 0. The van der Waals surface area contributed by atoms with Crippen molar-refractivity contribution in [1.29, 1.82) is 0 Å². The average molecular weight is 313 g/mol. The molecule has 1 atom stereocenters. The van der Waals surface area contributed by atoms with Crippen LogP contribution in [-0.4, -0.2) is 26.4 Å². The lowest BCUT2D eigenvalue weighted by Crippen LogP contribution is -2.31. The Morgan fingerprint density at radius 1 is 0.957 bits per heavy atom. The Kier molecular flexibility index (Phi) is 5.65. The van der Waals surface area contributed by atoms with Crippen molar-refractivity contribution < 1.29 is 9.13 Å². The quantitative estimate of drug-likeness (QED) is 0.864. The normalized spacial score (nSPS) is 16.9. The average Bonchev–Trinajstić information content (AvgIpc) is 2.63. The SMILES string of the molecule is FCCOc1ccc(C(c2ccccc2)C2CCNCC2)cc1. The summed E-state index contributed by atoms with van der Waals surface area (Å²) in [5.41, 5.74) is 2.69. The summed E-state index contributed by atoms with van der Waals surface area (Å²) in [7, 11) is 0. The third-order valence-corrected chi connectivity index (χ3v) is 4.60. The van der Waals surface area contributed by atoms with Gasteiger partial charge in [0.05, 0.1) is 0 Å². The molecule has 0 radical (unpaired) electrons. The lowest BCUT2D eigenvalue weighted by molar-refractivity contribution is 0.273. The Hall–Kier alpha value is -1.87. The maximum Gasteiger partial charge on any atom is 0.123 e. The van der Waals surface area contributed by atoms with Crippen molar-refractivity contribution in [3.8, 4) is 5.75 Å². The molecule has 1 aliphatic heterocycles. The molecule has 0 spiro atoms. The first kappa shape index (κ1) is 16.0. The van der Waals surface area contributed by atoms with E-state index in [-0.39, 0.29) is 6.61 Å². The molecule has 1 fully saturated rings. The Bertz CT molecular complexity index is 578. The second-order valence-electron chi connectivity index (χ2n) is 6.08. The van der Waals surface area contributed by atoms with Gasteiger partial charge in [0.1, 0.15) is 19.0 Å². The van der Waals surface area contributed by atoms with Crippen LogP contribution in [-0.2, 0) is 0 Å².